The molecule has 1 aliphatic heterocycles. The summed E-state index contributed by atoms with van der Waals surface area (Å²) in [5.41, 5.74) is 2.40. The third-order valence-corrected chi connectivity index (χ3v) is 6.25. The molecule has 30 heavy (non-hydrogen) atoms. The predicted molar refractivity (Wildman–Crippen MR) is 122 cm³/mol. The van der Waals surface area contributed by atoms with E-state index in [1.165, 1.54) is 17.4 Å². The summed E-state index contributed by atoms with van der Waals surface area (Å²) < 4.78 is 5.41. The summed E-state index contributed by atoms with van der Waals surface area (Å²) in [6.45, 7) is 1.93. The molecular weight excluding hydrogens is 443 g/mol. The molecule has 0 bridgehead atoms. The number of methoxy groups -OCH3 is 1. The Morgan fingerprint density at radius 3 is 2.47 bits per heavy atom. The topological polar surface area (TPSA) is 58.6 Å². The smallest absolute Gasteiger partial charge is 0.282 e. The molecule has 2 amide bonds. The Bertz CT molecular complexity index is 1190. The number of carbonyl (C=O) groups is 2. The van der Waals surface area contributed by atoms with E-state index in [2.05, 4.69) is 5.32 Å². The van der Waals surface area contributed by atoms with Crippen LogP contribution in [0.2, 0.25) is 10.0 Å². The summed E-state index contributed by atoms with van der Waals surface area (Å²) in [6, 6.07) is 13.9. The molecule has 0 saturated heterocycles. The molecule has 0 aliphatic carbocycles. The van der Waals surface area contributed by atoms with Gasteiger partial charge in [0.15, 0.2) is 0 Å². The fraction of sp³-hybridized carbons (Fsp3) is 0.0909. The van der Waals surface area contributed by atoms with Gasteiger partial charge in [-0.05, 0) is 54.3 Å². The number of amides is 2. The first-order valence-corrected chi connectivity index (χ1v) is 10.6. The van der Waals surface area contributed by atoms with Gasteiger partial charge in [-0.15, -0.1) is 11.3 Å². The standard InChI is InChI=1S/C22H16Cl2N2O3S/c1-12-5-8-17(29-2)16(10-12)25-20-19(18-4-3-9-30-18)21(27)26(22(20)28)13-6-7-14(23)15(24)11-13/h3-11,25H,1-2H3. The Hall–Kier alpha value is -2.80. The number of anilines is 2. The lowest BCUT2D eigenvalue weighted by molar-refractivity contribution is -0.120. The molecule has 1 N–H and O–H groups in total. The van der Waals surface area contributed by atoms with E-state index in [9.17, 15) is 9.59 Å². The maximum Gasteiger partial charge on any atom is 0.282 e. The number of aryl methyl sites for hydroxylation is 1. The quantitative estimate of drug-likeness (QED) is 0.493. The maximum absolute atomic E-state index is 13.4. The van der Waals surface area contributed by atoms with Crippen molar-refractivity contribution in [2.45, 2.75) is 6.92 Å². The summed E-state index contributed by atoms with van der Waals surface area (Å²) in [6.07, 6.45) is 0. The predicted octanol–water partition coefficient (Wildman–Crippen LogP) is 5.77. The summed E-state index contributed by atoms with van der Waals surface area (Å²) in [5, 5.41) is 5.59. The number of carbonyl (C=O) groups excluding carboxylic acids is 2. The molecule has 8 heteroatoms. The van der Waals surface area contributed by atoms with Crippen LogP contribution in [0.15, 0.2) is 59.6 Å². The van der Waals surface area contributed by atoms with Gasteiger partial charge in [0.1, 0.15) is 11.4 Å². The number of imide groups is 1. The van der Waals surface area contributed by atoms with Crippen molar-refractivity contribution in [3.05, 3.63) is 80.1 Å². The SMILES string of the molecule is COc1ccc(C)cc1NC1=C(c2cccs2)C(=O)N(c2ccc(Cl)c(Cl)c2)C1=O. The van der Waals surface area contributed by atoms with E-state index in [0.717, 1.165) is 10.5 Å². The molecule has 5 nitrogen and oxygen atoms in total. The van der Waals surface area contributed by atoms with Gasteiger partial charge in [-0.3, -0.25) is 9.59 Å². The molecule has 0 spiro atoms. The Labute approximate surface area is 187 Å². The first-order chi connectivity index (χ1) is 14.4. The van der Waals surface area contributed by atoms with Crippen LogP contribution in [0.5, 0.6) is 5.75 Å². The second-order valence-electron chi connectivity index (χ2n) is 6.60. The highest BCUT2D eigenvalue weighted by atomic mass is 35.5. The molecule has 152 valence electrons. The van der Waals surface area contributed by atoms with Gasteiger partial charge in [0.25, 0.3) is 11.8 Å². The van der Waals surface area contributed by atoms with E-state index in [4.69, 9.17) is 27.9 Å². The van der Waals surface area contributed by atoms with Crippen LogP contribution in [-0.2, 0) is 9.59 Å². The average molecular weight is 459 g/mol. The maximum atomic E-state index is 13.4. The van der Waals surface area contributed by atoms with Gasteiger partial charge in [0, 0.05) is 4.88 Å². The number of rotatable bonds is 5. The van der Waals surface area contributed by atoms with Gasteiger partial charge >= 0.3 is 0 Å². The zero-order valence-corrected chi connectivity index (χ0v) is 18.4. The molecule has 0 atom stereocenters. The molecule has 0 unspecified atom stereocenters. The van der Waals surface area contributed by atoms with Crippen LogP contribution >= 0.6 is 34.5 Å². The van der Waals surface area contributed by atoms with Gasteiger partial charge in [-0.1, -0.05) is 35.3 Å². The molecule has 1 aromatic heterocycles. The second kappa shape index (κ2) is 8.14. The number of benzene rings is 2. The van der Waals surface area contributed by atoms with Gasteiger partial charge in [0.2, 0.25) is 0 Å². The van der Waals surface area contributed by atoms with E-state index in [-0.39, 0.29) is 10.7 Å². The van der Waals surface area contributed by atoms with Crippen molar-refractivity contribution in [3.8, 4) is 5.75 Å². The lowest BCUT2D eigenvalue weighted by Gasteiger charge is -2.16. The number of halogens is 2. The first-order valence-electron chi connectivity index (χ1n) is 8.94. The van der Waals surface area contributed by atoms with Crippen molar-refractivity contribution in [2.24, 2.45) is 0 Å². The van der Waals surface area contributed by atoms with E-state index in [1.807, 2.05) is 30.5 Å². The van der Waals surface area contributed by atoms with Crippen LogP contribution in [0.4, 0.5) is 11.4 Å². The summed E-state index contributed by atoms with van der Waals surface area (Å²) in [5.74, 6) is -0.354. The van der Waals surface area contributed by atoms with Crippen LogP contribution in [0.25, 0.3) is 5.57 Å². The minimum absolute atomic E-state index is 0.178. The van der Waals surface area contributed by atoms with E-state index in [0.29, 0.717) is 32.6 Å². The third kappa shape index (κ3) is 3.58. The number of ether oxygens (including phenoxy) is 1. The van der Waals surface area contributed by atoms with Crippen molar-refractivity contribution in [2.75, 3.05) is 17.3 Å². The van der Waals surface area contributed by atoms with Crippen molar-refractivity contribution < 1.29 is 14.3 Å². The first kappa shape index (κ1) is 20.5. The van der Waals surface area contributed by atoms with E-state index < -0.39 is 11.8 Å². The Balaban J connectivity index is 1.83. The Kier molecular flexibility index (Phi) is 5.56. The van der Waals surface area contributed by atoms with Crippen molar-refractivity contribution in [1.82, 2.24) is 0 Å². The van der Waals surface area contributed by atoms with Gasteiger partial charge in [0.05, 0.1) is 34.1 Å². The average Bonchev–Trinajstić information content (AvgIpc) is 3.32. The lowest BCUT2D eigenvalue weighted by atomic mass is 10.1. The summed E-state index contributed by atoms with van der Waals surface area (Å²) in [4.78, 5) is 28.5. The zero-order valence-electron chi connectivity index (χ0n) is 16.0. The van der Waals surface area contributed by atoms with Crippen molar-refractivity contribution in [1.29, 1.82) is 0 Å². The molecule has 0 fully saturated rings. The van der Waals surface area contributed by atoms with E-state index >= 15 is 0 Å². The highest BCUT2D eigenvalue weighted by molar-refractivity contribution is 7.11. The molecule has 2 heterocycles. The molecule has 0 radical (unpaired) electrons. The number of nitrogens with zero attached hydrogens (tertiary/aromatic N) is 1. The molecule has 2 aromatic carbocycles. The molecule has 1 aliphatic rings. The van der Waals surface area contributed by atoms with Gasteiger partial charge < -0.3 is 10.1 Å². The minimum atomic E-state index is -0.481. The molecule has 3 aromatic rings. The fourth-order valence-electron chi connectivity index (χ4n) is 3.21. The van der Waals surface area contributed by atoms with Crippen molar-refractivity contribution >= 4 is 63.3 Å². The van der Waals surface area contributed by atoms with Crippen LogP contribution in [-0.4, -0.2) is 18.9 Å². The number of hydrogen-bond donors (Lipinski definition) is 1. The van der Waals surface area contributed by atoms with Crippen LogP contribution in [0, 0.1) is 6.92 Å². The largest absolute Gasteiger partial charge is 0.495 e. The highest BCUT2D eigenvalue weighted by Gasteiger charge is 2.41. The van der Waals surface area contributed by atoms with Crippen molar-refractivity contribution in [3.63, 3.8) is 0 Å². The normalized spacial score (nSPS) is 13.9. The molecule has 0 saturated carbocycles. The monoisotopic (exact) mass is 458 g/mol. The fourth-order valence-corrected chi connectivity index (χ4v) is 4.27. The van der Waals surface area contributed by atoms with E-state index in [1.54, 1.807) is 31.4 Å². The number of hydrogen-bond acceptors (Lipinski definition) is 5. The van der Waals surface area contributed by atoms with Gasteiger partial charge in [-0.2, -0.15) is 0 Å². The Morgan fingerprint density at radius 2 is 1.80 bits per heavy atom. The van der Waals surface area contributed by atoms with Gasteiger partial charge in [-0.25, -0.2) is 4.90 Å². The molecular formula is C22H16Cl2N2O3S. The number of nitrogens with one attached hydrogen (secondary N) is 1. The molecule has 4 rings (SSSR count). The Morgan fingerprint density at radius 1 is 1.00 bits per heavy atom. The van der Waals surface area contributed by atoms with Crippen LogP contribution in [0.1, 0.15) is 10.4 Å². The second-order valence-corrected chi connectivity index (χ2v) is 8.36. The van der Waals surface area contributed by atoms with Crippen LogP contribution in [0.3, 0.4) is 0 Å². The zero-order chi connectivity index (χ0) is 21.4. The van der Waals surface area contributed by atoms with Crippen LogP contribution < -0.4 is 15.0 Å². The summed E-state index contributed by atoms with van der Waals surface area (Å²) >= 11 is 13.5. The highest BCUT2D eigenvalue weighted by Crippen LogP contribution is 2.38. The minimum Gasteiger partial charge on any atom is -0.495 e. The number of thiophene rings is 1. The lowest BCUT2D eigenvalue weighted by Crippen LogP contribution is -2.32. The third-order valence-electron chi connectivity index (χ3n) is 4.63. The summed E-state index contributed by atoms with van der Waals surface area (Å²) in [7, 11) is 1.55.